The van der Waals surface area contributed by atoms with Crippen LogP contribution in [0.3, 0.4) is 0 Å². The molecule has 1 fully saturated rings. The molecule has 0 aliphatic carbocycles. The molecule has 2 aromatic carbocycles. The maximum absolute atomic E-state index is 11.5. The molecule has 10 nitrogen and oxygen atoms in total. The Morgan fingerprint density at radius 2 is 1.81 bits per heavy atom. The zero-order valence-corrected chi connectivity index (χ0v) is 25.4. The number of aromatic amines is 1. The first-order chi connectivity index (χ1) is 20.4. The Hall–Kier alpha value is -4.09. The summed E-state index contributed by atoms with van der Waals surface area (Å²) < 4.78 is 5.89. The molecule has 0 atom stereocenters. The zero-order valence-electron chi connectivity index (χ0n) is 24.6. The Morgan fingerprint density at radius 1 is 1.07 bits per heavy atom. The van der Waals surface area contributed by atoms with Gasteiger partial charge >= 0.3 is 0 Å². The molecule has 0 amide bonds. The van der Waals surface area contributed by atoms with Gasteiger partial charge in [0, 0.05) is 75.1 Å². The van der Waals surface area contributed by atoms with Gasteiger partial charge < -0.3 is 19.9 Å². The molecule has 0 unspecified atom stereocenters. The van der Waals surface area contributed by atoms with Crippen molar-refractivity contribution in [2.45, 2.75) is 30.3 Å². The smallest absolute Gasteiger partial charge is 0.204 e. The number of para-hydroxylation sites is 1. The highest BCUT2D eigenvalue weighted by molar-refractivity contribution is 7.99. The molecule has 0 radical (unpaired) electrons. The van der Waals surface area contributed by atoms with Gasteiger partial charge in [0.05, 0.1) is 7.11 Å². The van der Waals surface area contributed by atoms with Gasteiger partial charge in [-0.25, -0.2) is 9.97 Å². The van der Waals surface area contributed by atoms with Crippen molar-refractivity contribution in [3.63, 3.8) is 0 Å². The molecule has 220 valence electrons. The van der Waals surface area contributed by atoms with Crippen LogP contribution in [0.15, 0.2) is 70.7 Å². The van der Waals surface area contributed by atoms with E-state index in [4.69, 9.17) is 14.7 Å². The van der Waals surface area contributed by atoms with Gasteiger partial charge in [0.25, 0.3) is 0 Å². The predicted octanol–water partition coefficient (Wildman–Crippen LogP) is 4.80. The fourth-order valence-electron chi connectivity index (χ4n) is 4.91. The van der Waals surface area contributed by atoms with Gasteiger partial charge in [-0.3, -0.25) is 14.8 Å². The predicted molar refractivity (Wildman–Crippen MR) is 169 cm³/mol. The lowest BCUT2D eigenvalue weighted by Gasteiger charge is -2.36. The maximum Gasteiger partial charge on any atom is 0.204 e. The standard InChI is InChI=1S/C31H38N8O2S/c1-22-20-27(36-35-22)32-29-28(41-4)30(34-31(33-29)42-26-12-10-24(11-13-26)21-23(2)40)39-18-16-38(17-19-39)15-14-37(3)25-8-6-5-7-9-25/h5-13,20H,14-19,21H2,1-4H3,(H2,32,33,34,35,36). The number of anilines is 4. The number of nitrogens with zero attached hydrogens (tertiary/aromatic N) is 6. The number of hydrogen-bond donors (Lipinski definition) is 2. The second kappa shape index (κ2) is 13.7. The average molecular weight is 587 g/mol. The Labute approximate surface area is 251 Å². The number of H-pyrrole nitrogens is 1. The van der Waals surface area contributed by atoms with Crippen molar-refractivity contribution in [1.29, 1.82) is 0 Å². The lowest BCUT2D eigenvalue weighted by atomic mass is 10.1. The van der Waals surface area contributed by atoms with Crippen LogP contribution >= 0.6 is 11.8 Å². The van der Waals surface area contributed by atoms with Gasteiger partial charge in [-0.05, 0) is 55.4 Å². The highest BCUT2D eigenvalue weighted by atomic mass is 32.2. The molecule has 0 bridgehead atoms. The minimum absolute atomic E-state index is 0.145. The summed E-state index contributed by atoms with van der Waals surface area (Å²) in [6.07, 6.45) is 0.430. The van der Waals surface area contributed by atoms with Gasteiger partial charge in [0.15, 0.2) is 22.6 Å². The van der Waals surface area contributed by atoms with Crippen molar-refractivity contribution in [1.82, 2.24) is 25.1 Å². The number of nitrogens with one attached hydrogen (secondary N) is 2. The molecular formula is C31H38N8O2S. The van der Waals surface area contributed by atoms with Crippen LogP contribution in [0.4, 0.5) is 23.1 Å². The second-order valence-electron chi connectivity index (χ2n) is 10.5. The monoisotopic (exact) mass is 586 g/mol. The largest absolute Gasteiger partial charge is 0.490 e. The van der Waals surface area contributed by atoms with Crippen molar-refractivity contribution >= 4 is 40.7 Å². The van der Waals surface area contributed by atoms with E-state index in [0.29, 0.717) is 29.0 Å². The third-order valence-corrected chi connectivity index (χ3v) is 8.06. The van der Waals surface area contributed by atoms with Crippen molar-refractivity contribution in [2.75, 3.05) is 68.5 Å². The number of ether oxygens (including phenoxy) is 1. The first kappa shape index (κ1) is 29.4. The normalized spacial score (nSPS) is 13.7. The van der Waals surface area contributed by atoms with E-state index in [9.17, 15) is 4.79 Å². The lowest BCUT2D eigenvalue weighted by Crippen LogP contribution is -2.48. The summed E-state index contributed by atoms with van der Waals surface area (Å²) in [6.45, 7) is 9.02. The molecule has 2 aromatic heterocycles. The van der Waals surface area contributed by atoms with Crippen LogP contribution in [0.2, 0.25) is 0 Å². The van der Waals surface area contributed by atoms with E-state index in [1.54, 1.807) is 14.0 Å². The topological polar surface area (TPSA) is 103 Å². The van der Waals surface area contributed by atoms with Crippen LogP contribution in [0.1, 0.15) is 18.2 Å². The third kappa shape index (κ3) is 7.59. The van der Waals surface area contributed by atoms with Crippen LogP contribution < -0.4 is 19.9 Å². The average Bonchev–Trinajstić information content (AvgIpc) is 3.41. The molecule has 3 heterocycles. The van der Waals surface area contributed by atoms with Crippen molar-refractivity contribution in [2.24, 2.45) is 0 Å². The number of benzene rings is 2. The van der Waals surface area contributed by atoms with E-state index in [1.165, 1.54) is 17.4 Å². The number of hydrogen-bond acceptors (Lipinski definition) is 10. The molecule has 0 saturated carbocycles. The van der Waals surface area contributed by atoms with Crippen molar-refractivity contribution in [3.8, 4) is 5.75 Å². The molecule has 4 aromatic rings. The van der Waals surface area contributed by atoms with Gasteiger partial charge in [0.1, 0.15) is 5.78 Å². The Bertz CT molecular complexity index is 1470. The molecule has 1 aliphatic rings. The highest BCUT2D eigenvalue weighted by Crippen LogP contribution is 2.38. The minimum Gasteiger partial charge on any atom is -0.490 e. The Morgan fingerprint density at radius 3 is 2.45 bits per heavy atom. The minimum atomic E-state index is 0.145. The van der Waals surface area contributed by atoms with Crippen molar-refractivity contribution in [3.05, 3.63) is 71.9 Å². The van der Waals surface area contributed by atoms with E-state index in [0.717, 1.165) is 61.2 Å². The summed E-state index contributed by atoms with van der Waals surface area (Å²) in [5, 5.41) is 11.2. The number of likely N-dealkylation sites (N-methyl/N-ethyl adjacent to an activating group) is 1. The number of aromatic nitrogens is 4. The number of Topliss-reactive ketones (excluding diaryl/α,β-unsaturated/α-hetero) is 1. The van der Waals surface area contributed by atoms with Gasteiger partial charge in [-0.2, -0.15) is 5.10 Å². The SMILES string of the molecule is COc1c(Nc2cc(C)[nH]n2)nc(Sc2ccc(CC(C)=O)cc2)nc1N1CCN(CCN(C)c2ccccc2)CC1. The summed E-state index contributed by atoms with van der Waals surface area (Å²) in [6, 6.07) is 20.4. The van der Waals surface area contributed by atoms with Gasteiger partial charge in [-0.15, -0.1) is 0 Å². The molecule has 42 heavy (non-hydrogen) atoms. The number of carbonyl (C=O) groups is 1. The molecule has 0 spiro atoms. The summed E-state index contributed by atoms with van der Waals surface area (Å²) in [5.41, 5.74) is 3.17. The van der Waals surface area contributed by atoms with Crippen LogP contribution in [-0.4, -0.2) is 84.3 Å². The maximum atomic E-state index is 11.5. The second-order valence-corrected chi connectivity index (χ2v) is 11.5. The fraction of sp³-hybridized carbons (Fsp3) is 0.355. The molecule has 11 heteroatoms. The van der Waals surface area contributed by atoms with Crippen LogP contribution in [0.5, 0.6) is 5.75 Å². The number of methoxy groups -OCH3 is 1. The van der Waals surface area contributed by atoms with E-state index in [1.807, 2.05) is 43.3 Å². The first-order valence-electron chi connectivity index (χ1n) is 14.1. The summed E-state index contributed by atoms with van der Waals surface area (Å²) in [4.78, 5) is 29.4. The summed E-state index contributed by atoms with van der Waals surface area (Å²) in [7, 11) is 3.79. The molecule has 1 saturated heterocycles. The van der Waals surface area contributed by atoms with E-state index in [2.05, 4.69) is 61.5 Å². The number of ketones is 1. The number of rotatable bonds is 12. The van der Waals surface area contributed by atoms with Crippen LogP contribution in [0, 0.1) is 6.92 Å². The first-order valence-corrected chi connectivity index (χ1v) is 14.9. The zero-order chi connectivity index (χ0) is 29.5. The number of carbonyl (C=O) groups excluding carboxylic acids is 1. The Balaban J connectivity index is 1.33. The molecular weight excluding hydrogens is 548 g/mol. The van der Waals surface area contributed by atoms with Gasteiger partial charge in [-0.1, -0.05) is 30.3 Å². The van der Waals surface area contributed by atoms with E-state index < -0.39 is 0 Å². The van der Waals surface area contributed by atoms with Crippen LogP contribution in [0.25, 0.3) is 0 Å². The lowest BCUT2D eigenvalue weighted by molar-refractivity contribution is -0.116. The van der Waals surface area contributed by atoms with Gasteiger partial charge in [0.2, 0.25) is 5.75 Å². The summed E-state index contributed by atoms with van der Waals surface area (Å²) in [5.74, 6) is 2.73. The molecule has 1 aliphatic heterocycles. The summed E-state index contributed by atoms with van der Waals surface area (Å²) >= 11 is 1.48. The quantitative estimate of drug-likeness (QED) is 0.225. The molecule has 2 N–H and O–H groups in total. The molecule has 5 rings (SSSR count). The highest BCUT2D eigenvalue weighted by Gasteiger charge is 2.25. The third-order valence-electron chi connectivity index (χ3n) is 7.19. The van der Waals surface area contributed by atoms with E-state index in [-0.39, 0.29) is 5.78 Å². The Kier molecular flexibility index (Phi) is 9.60. The number of piperazine rings is 1. The fourth-order valence-corrected chi connectivity index (χ4v) is 5.66. The van der Waals surface area contributed by atoms with E-state index >= 15 is 0 Å². The van der Waals surface area contributed by atoms with Crippen molar-refractivity contribution < 1.29 is 9.53 Å². The number of aryl methyl sites for hydroxylation is 1. The van der Waals surface area contributed by atoms with Crippen LogP contribution in [-0.2, 0) is 11.2 Å².